The number of nitroso groups, excluding NO2 is 1. The second-order valence-corrected chi connectivity index (χ2v) is 2.82. The van der Waals surface area contributed by atoms with Gasteiger partial charge in [0, 0.05) is 0 Å². The summed E-state index contributed by atoms with van der Waals surface area (Å²) in [5, 5.41) is 10.7. The molecule has 0 saturated carbocycles. The van der Waals surface area contributed by atoms with Crippen LogP contribution in [0.2, 0.25) is 5.02 Å². The molecular weight excluding hydrogens is 206 g/mol. The largest absolute Gasteiger partial charge is 0.232 e. The predicted molar refractivity (Wildman–Crippen MR) is 49.6 cm³/mol. The number of hydrogen-bond donors (Lipinski definition) is 0. The molecule has 2 aromatic heterocycles. The number of hydrogen-bond acceptors (Lipinski definition) is 5. The van der Waals surface area contributed by atoms with Crippen LogP contribution in [0, 0.1) is 4.91 Å². The molecule has 0 atom stereocenters. The summed E-state index contributed by atoms with van der Waals surface area (Å²) >= 11 is 5.84. The van der Waals surface area contributed by atoms with Gasteiger partial charge in [0.1, 0.15) is 5.69 Å². The molecule has 0 saturated heterocycles. The molecule has 7 heteroatoms. The minimum Gasteiger partial charge on any atom is -0.232 e. The molecule has 0 aromatic carbocycles. The third kappa shape index (κ3) is 1.47. The Bertz CT molecular complexity index is 455. The van der Waals surface area contributed by atoms with E-state index in [0.717, 1.165) is 0 Å². The normalized spacial score (nSPS) is 10.1. The molecule has 0 spiro atoms. The van der Waals surface area contributed by atoms with E-state index in [4.69, 9.17) is 11.6 Å². The van der Waals surface area contributed by atoms with Crippen molar-refractivity contribution in [1.82, 2.24) is 20.0 Å². The van der Waals surface area contributed by atoms with Crippen LogP contribution in [0.4, 0.5) is 5.69 Å². The number of aromatic nitrogens is 4. The summed E-state index contributed by atoms with van der Waals surface area (Å²) < 4.78 is 0. The van der Waals surface area contributed by atoms with Gasteiger partial charge in [-0.3, -0.25) is 0 Å². The zero-order valence-corrected chi connectivity index (χ0v) is 7.59. The van der Waals surface area contributed by atoms with Gasteiger partial charge < -0.3 is 0 Å². The third-order valence-corrected chi connectivity index (χ3v) is 1.80. The van der Waals surface area contributed by atoms with Crippen molar-refractivity contribution in [3.8, 4) is 5.82 Å². The molecule has 0 unspecified atom stereocenters. The van der Waals surface area contributed by atoms with Gasteiger partial charge in [0.2, 0.25) is 0 Å². The number of nitrogens with zero attached hydrogens (tertiary/aromatic N) is 5. The van der Waals surface area contributed by atoms with Crippen molar-refractivity contribution in [2.75, 3.05) is 0 Å². The fraction of sp³-hybridized carbons (Fsp3) is 0. The summed E-state index contributed by atoms with van der Waals surface area (Å²) in [5.74, 6) is 0.365. The monoisotopic (exact) mass is 209 g/mol. The summed E-state index contributed by atoms with van der Waals surface area (Å²) in [5.41, 5.74) is 0.172. The Balaban J connectivity index is 2.51. The fourth-order valence-corrected chi connectivity index (χ4v) is 1.18. The molecule has 0 N–H and O–H groups in total. The maximum Gasteiger partial charge on any atom is 0.193 e. The maximum absolute atomic E-state index is 10.2. The van der Waals surface area contributed by atoms with E-state index in [0.29, 0.717) is 5.82 Å². The Hall–Kier alpha value is -1.82. The molecule has 6 nitrogen and oxygen atoms in total. The highest BCUT2D eigenvalue weighted by molar-refractivity contribution is 6.32. The van der Waals surface area contributed by atoms with E-state index in [-0.39, 0.29) is 10.7 Å². The summed E-state index contributed by atoms with van der Waals surface area (Å²) in [6.45, 7) is 0. The lowest BCUT2D eigenvalue weighted by Gasteiger charge is -2.00. The average molecular weight is 210 g/mol. The quantitative estimate of drug-likeness (QED) is 0.706. The molecule has 0 bridgehead atoms. The van der Waals surface area contributed by atoms with E-state index in [1.807, 2.05) is 0 Å². The van der Waals surface area contributed by atoms with Gasteiger partial charge in [-0.15, -0.1) is 9.70 Å². The second kappa shape index (κ2) is 3.51. The summed E-state index contributed by atoms with van der Waals surface area (Å²) in [4.78, 5) is 15.3. The Morgan fingerprint density at radius 1 is 1.36 bits per heavy atom. The van der Waals surface area contributed by atoms with E-state index in [2.05, 4.69) is 20.4 Å². The number of rotatable bonds is 2. The van der Waals surface area contributed by atoms with Crippen LogP contribution >= 0.6 is 11.6 Å². The molecule has 14 heavy (non-hydrogen) atoms. The minimum atomic E-state index is 0.172. The van der Waals surface area contributed by atoms with Crippen molar-refractivity contribution in [2.24, 2.45) is 5.18 Å². The van der Waals surface area contributed by atoms with E-state index < -0.39 is 0 Å². The van der Waals surface area contributed by atoms with Gasteiger partial charge in [-0.05, 0) is 11.2 Å². The summed E-state index contributed by atoms with van der Waals surface area (Å²) in [6.07, 6.45) is 4.31. The van der Waals surface area contributed by atoms with E-state index in [1.165, 1.54) is 29.5 Å². The SMILES string of the molecule is O=Nc1cnc(-n2nccn2)c(Cl)c1. The van der Waals surface area contributed by atoms with E-state index in [1.54, 1.807) is 0 Å². The van der Waals surface area contributed by atoms with Crippen molar-refractivity contribution in [1.29, 1.82) is 0 Å². The van der Waals surface area contributed by atoms with Crippen molar-refractivity contribution in [2.45, 2.75) is 0 Å². The Morgan fingerprint density at radius 3 is 2.64 bits per heavy atom. The highest BCUT2D eigenvalue weighted by Gasteiger charge is 2.06. The van der Waals surface area contributed by atoms with Gasteiger partial charge in [0.15, 0.2) is 5.82 Å². The Kier molecular flexibility index (Phi) is 2.19. The lowest BCUT2D eigenvalue weighted by molar-refractivity contribution is 0.729. The first-order valence-electron chi connectivity index (χ1n) is 3.67. The van der Waals surface area contributed by atoms with Crippen LogP contribution < -0.4 is 0 Å². The maximum atomic E-state index is 10.2. The first-order chi connectivity index (χ1) is 6.81. The van der Waals surface area contributed by atoms with Crippen molar-refractivity contribution in [3.63, 3.8) is 0 Å². The van der Waals surface area contributed by atoms with Crippen LogP contribution in [0.1, 0.15) is 0 Å². The molecule has 2 aromatic rings. The van der Waals surface area contributed by atoms with E-state index >= 15 is 0 Å². The molecule has 0 aliphatic carbocycles. The van der Waals surface area contributed by atoms with Crippen LogP contribution in [0.3, 0.4) is 0 Å². The molecule has 0 aliphatic heterocycles. The summed E-state index contributed by atoms with van der Waals surface area (Å²) in [7, 11) is 0. The predicted octanol–water partition coefficient (Wildman–Crippen LogP) is 1.71. The van der Waals surface area contributed by atoms with Gasteiger partial charge in [-0.1, -0.05) is 11.6 Å². The van der Waals surface area contributed by atoms with Crippen LogP contribution in [0.5, 0.6) is 0 Å². The molecule has 2 rings (SSSR count). The molecule has 0 amide bonds. The topological polar surface area (TPSA) is 73.0 Å². The van der Waals surface area contributed by atoms with Crippen LogP contribution in [-0.2, 0) is 0 Å². The lowest BCUT2D eigenvalue weighted by atomic mass is 10.4. The van der Waals surface area contributed by atoms with E-state index in [9.17, 15) is 4.91 Å². The van der Waals surface area contributed by atoms with Gasteiger partial charge in [-0.25, -0.2) is 4.98 Å². The van der Waals surface area contributed by atoms with Gasteiger partial charge in [-0.2, -0.15) is 10.2 Å². The standard InChI is InChI=1S/C7H4ClN5O/c8-6-3-5(12-14)4-9-7(6)13-10-1-2-11-13/h1-4H. The molecule has 70 valence electrons. The highest BCUT2D eigenvalue weighted by atomic mass is 35.5. The van der Waals surface area contributed by atoms with Gasteiger partial charge >= 0.3 is 0 Å². The number of pyridine rings is 1. The van der Waals surface area contributed by atoms with Crippen LogP contribution in [0.15, 0.2) is 29.8 Å². The molecule has 2 heterocycles. The van der Waals surface area contributed by atoms with Crippen LogP contribution in [0.25, 0.3) is 5.82 Å². The molecular formula is C7H4ClN5O. The third-order valence-electron chi connectivity index (χ3n) is 1.52. The van der Waals surface area contributed by atoms with Crippen molar-refractivity contribution < 1.29 is 0 Å². The minimum absolute atomic E-state index is 0.172. The smallest absolute Gasteiger partial charge is 0.193 e. The highest BCUT2D eigenvalue weighted by Crippen LogP contribution is 2.21. The zero-order chi connectivity index (χ0) is 9.97. The number of halogens is 1. The van der Waals surface area contributed by atoms with Crippen LogP contribution in [-0.4, -0.2) is 20.0 Å². The molecule has 0 radical (unpaired) electrons. The Labute approximate surface area is 83.5 Å². The second-order valence-electron chi connectivity index (χ2n) is 2.41. The Morgan fingerprint density at radius 2 is 2.07 bits per heavy atom. The average Bonchev–Trinajstić information content (AvgIpc) is 2.70. The zero-order valence-electron chi connectivity index (χ0n) is 6.83. The molecule has 0 fully saturated rings. The van der Waals surface area contributed by atoms with Gasteiger partial charge in [0.05, 0.1) is 23.6 Å². The molecule has 0 aliphatic rings. The first-order valence-corrected chi connectivity index (χ1v) is 4.04. The van der Waals surface area contributed by atoms with Crippen molar-refractivity contribution >= 4 is 17.3 Å². The summed E-state index contributed by atoms with van der Waals surface area (Å²) in [6, 6.07) is 1.40. The fourth-order valence-electron chi connectivity index (χ4n) is 0.943. The van der Waals surface area contributed by atoms with Gasteiger partial charge in [0.25, 0.3) is 0 Å². The van der Waals surface area contributed by atoms with Crippen molar-refractivity contribution in [3.05, 3.63) is 34.6 Å². The lowest BCUT2D eigenvalue weighted by Crippen LogP contribution is -2.01. The first kappa shape index (κ1) is 8.76.